The fourth-order valence-corrected chi connectivity index (χ4v) is 1.50. The highest BCUT2D eigenvalue weighted by Gasteiger charge is 2.02. The van der Waals surface area contributed by atoms with Gasteiger partial charge in [-0.3, -0.25) is 4.79 Å². The molecule has 0 aliphatic heterocycles. The van der Waals surface area contributed by atoms with Crippen LogP contribution in [0.2, 0.25) is 0 Å². The van der Waals surface area contributed by atoms with Gasteiger partial charge in [0.2, 0.25) is 0 Å². The SMILES string of the molecule is Nc1c(Cc2ccccc2)cc[nH]c1=O. The Morgan fingerprint density at radius 3 is 2.60 bits per heavy atom. The van der Waals surface area contributed by atoms with E-state index in [4.69, 9.17) is 5.73 Å². The van der Waals surface area contributed by atoms with Crippen molar-refractivity contribution in [3.05, 3.63) is 64.1 Å². The molecule has 0 saturated heterocycles. The summed E-state index contributed by atoms with van der Waals surface area (Å²) in [5, 5.41) is 0. The van der Waals surface area contributed by atoms with Crippen LogP contribution in [0.4, 0.5) is 5.69 Å². The van der Waals surface area contributed by atoms with Crippen LogP contribution in [0.1, 0.15) is 11.1 Å². The second-order valence-electron chi connectivity index (χ2n) is 3.41. The maximum atomic E-state index is 11.2. The van der Waals surface area contributed by atoms with Crippen molar-refractivity contribution in [2.75, 3.05) is 5.73 Å². The van der Waals surface area contributed by atoms with E-state index in [2.05, 4.69) is 4.98 Å². The Morgan fingerprint density at radius 1 is 1.13 bits per heavy atom. The zero-order valence-electron chi connectivity index (χ0n) is 8.23. The van der Waals surface area contributed by atoms with Gasteiger partial charge < -0.3 is 10.7 Å². The van der Waals surface area contributed by atoms with Crippen molar-refractivity contribution in [3.8, 4) is 0 Å². The summed E-state index contributed by atoms with van der Waals surface area (Å²) in [6.07, 6.45) is 2.31. The lowest BCUT2D eigenvalue weighted by atomic mass is 10.1. The van der Waals surface area contributed by atoms with E-state index in [9.17, 15) is 4.79 Å². The van der Waals surface area contributed by atoms with Crippen molar-refractivity contribution in [2.45, 2.75) is 6.42 Å². The first-order valence-corrected chi connectivity index (χ1v) is 4.77. The van der Waals surface area contributed by atoms with Crippen molar-refractivity contribution in [2.24, 2.45) is 0 Å². The molecule has 0 aliphatic carbocycles. The quantitative estimate of drug-likeness (QED) is 0.772. The average molecular weight is 200 g/mol. The lowest BCUT2D eigenvalue weighted by Gasteiger charge is -2.03. The Kier molecular flexibility index (Phi) is 2.54. The second kappa shape index (κ2) is 4.00. The zero-order valence-corrected chi connectivity index (χ0v) is 8.23. The molecular weight excluding hydrogens is 188 g/mol. The highest BCUT2D eigenvalue weighted by molar-refractivity contribution is 5.46. The van der Waals surface area contributed by atoms with Crippen LogP contribution >= 0.6 is 0 Å². The molecular formula is C12H12N2O. The standard InChI is InChI=1S/C12H12N2O/c13-11-10(6-7-14-12(11)15)8-9-4-2-1-3-5-9/h1-7H,8,13H2,(H,14,15). The van der Waals surface area contributed by atoms with E-state index in [1.165, 1.54) is 0 Å². The molecule has 76 valence electrons. The van der Waals surface area contributed by atoms with Crippen molar-refractivity contribution >= 4 is 5.69 Å². The monoisotopic (exact) mass is 200 g/mol. The number of nitrogens with one attached hydrogen (secondary N) is 1. The van der Waals surface area contributed by atoms with Crippen LogP contribution in [-0.4, -0.2) is 4.98 Å². The van der Waals surface area contributed by atoms with E-state index >= 15 is 0 Å². The molecule has 0 unspecified atom stereocenters. The first-order valence-electron chi connectivity index (χ1n) is 4.77. The van der Waals surface area contributed by atoms with Crippen LogP contribution < -0.4 is 11.3 Å². The summed E-state index contributed by atoms with van der Waals surface area (Å²) >= 11 is 0. The summed E-state index contributed by atoms with van der Waals surface area (Å²) in [7, 11) is 0. The third kappa shape index (κ3) is 2.07. The molecule has 0 atom stereocenters. The Labute approximate surface area is 87.6 Å². The molecule has 3 N–H and O–H groups in total. The summed E-state index contributed by atoms with van der Waals surface area (Å²) in [6, 6.07) is 11.8. The third-order valence-corrected chi connectivity index (χ3v) is 2.33. The molecule has 2 aromatic rings. The number of hydrogen-bond acceptors (Lipinski definition) is 2. The molecule has 1 aromatic heterocycles. The minimum absolute atomic E-state index is 0.219. The molecule has 3 nitrogen and oxygen atoms in total. The van der Waals surface area contributed by atoms with Gasteiger partial charge >= 0.3 is 0 Å². The molecule has 1 heterocycles. The number of rotatable bonds is 2. The van der Waals surface area contributed by atoms with Gasteiger partial charge in [0.15, 0.2) is 0 Å². The maximum Gasteiger partial charge on any atom is 0.271 e. The van der Waals surface area contributed by atoms with Crippen LogP contribution in [0.25, 0.3) is 0 Å². The summed E-state index contributed by atoms with van der Waals surface area (Å²) in [6.45, 7) is 0. The Morgan fingerprint density at radius 2 is 1.87 bits per heavy atom. The maximum absolute atomic E-state index is 11.2. The van der Waals surface area contributed by atoms with Gasteiger partial charge in [0.05, 0.1) is 0 Å². The van der Waals surface area contributed by atoms with E-state index in [1.54, 1.807) is 6.20 Å². The number of nitrogens with two attached hydrogens (primary N) is 1. The van der Waals surface area contributed by atoms with E-state index in [0.717, 1.165) is 11.1 Å². The molecule has 2 rings (SSSR count). The van der Waals surface area contributed by atoms with Gasteiger partial charge in [-0.05, 0) is 23.6 Å². The van der Waals surface area contributed by atoms with Gasteiger partial charge in [0.1, 0.15) is 5.69 Å². The fraction of sp³-hybridized carbons (Fsp3) is 0.0833. The van der Waals surface area contributed by atoms with E-state index < -0.39 is 0 Å². The Hall–Kier alpha value is -2.03. The lowest BCUT2D eigenvalue weighted by Crippen LogP contribution is -2.13. The summed E-state index contributed by atoms with van der Waals surface area (Å²) in [5.41, 5.74) is 7.79. The zero-order chi connectivity index (χ0) is 10.7. The molecule has 0 saturated carbocycles. The summed E-state index contributed by atoms with van der Waals surface area (Å²) in [5.74, 6) is 0. The highest BCUT2D eigenvalue weighted by atomic mass is 16.1. The minimum atomic E-state index is -0.219. The first-order chi connectivity index (χ1) is 7.27. The Balaban J connectivity index is 2.33. The summed E-state index contributed by atoms with van der Waals surface area (Å²) < 4.78 is 0. The predicted octanol–water partition coefficient (Wildman–Crippen LogP) is 1.55. The number of anilines is 1. The van der Waals surface area contributed by atoms with E-state index in [1.807, 2.05) is 36.4 Å². The highest BCUT2D eigenvalue weighted by Crippen LogP contribution is 2.11. The molecule has 3 heteroatoms. The average Bonchev–Trinajstić information content (AvgIpc) is 2.26. The second-order valence-corrected chi connectivity index (χ2v) is 3.41. The minimum Gasteiger partial charge on any atom is -0.394 e. The Bertz CT molecular complexity index is 503. The van der Waals surface area contributed by atoms with Crippen molar-refractivity contribution in [1.82, 2.24) is 4.98 Å². The van der Waals surface area contributed by atoms with Crippen LogP contribution in [0, 0.1) is 0 Å². The van der Waals surface area contributed by atoms with Crippen molar-refractivity contribution < 1.29 is 0 Å². The molecule has 15 heavy (non-hydrogen) atoms. The van der Waals surface area contributed by atoms with Crippen LogP contribution in [0.5, 0.6) is 0 Å². The number of aromatic nitrogens is 1. The molecule has 0 spiro atoms. The first kappa shape index (κ1) is 9.52. The van der Waals surface area contributed by atoms with Crippen LogP contribution in [0.15, 0.2) is 47.4 Å². The summed E-state index contributed by atoms with van der Waals surface area (Å²) in [4.78, 5) is 13.8. The third-order valence-electron chi connectivity index (χ3n) is 2.33. The van der Waals surface area contributed by atoms with Crippen LogP contribution in [0.3, 0.4) is 0 Å². The molecule has 0 aliphatic rings. The molecule has 0 fully saturated rings. The smallest absolute Gasteiger partial charge is 0.271 e. The predicted molar refractivity (Wildman–Crippen MR) is 60.7 cm³/mol. The van der Waals surface area contributed by atoms with Gasteiger partial charge in [-0.2, -0.15) is 0 Å². The largest absolute Gasteiger partial charge is 0.394 e. The van der Waals surface area contributed by atoms with Gasteiger partial charge in [0.25, 0.3) is 5.56 Å². The lowest BCUT2D eigenvalue weighted by molar-refractivity contribution is 1.14. The van der Waals surface area contributed by atoms with Crippen LogP contribution in [-0.2, 0) is 6.42 Å². The number of nitrogen functional groups attached to an aromatic ring is 1. The topological polar surface area (TPSA) is 58.9 Å². The molecule has 0 bridgehead atoms. The van der Waals surface area contributed by atoms with Gasteiger partial charge in [0, 0.05) is 6.20 Å². The number of pyridine rings is 1. The van der Waals surface area contributed by atoms with E-state index in [0.29, 0.717) is 12.1 Å². The molecule has 1 aromatic carbocycles. The van der Waals surface area contributed by atoms with Gasteiger partial charge in [-0.15, -0.1) is 0 Å². The normalized spacial score (nSPS) is 10.1. The molecule has 0 radical (unpaired) electrons. The number of H-pyrrole nitrogens is 1. The fourth-order valence-electron chi connectivity index (χ4n) is 1.50. The van der Waals surface area contributed by atoms with Gasteiger partial charge in [-0.1, -0.05) is 30.3 Å². The van der Waals surface area contributed by atoms with Crippen molar-refractivity contribution in [1.29, 1.82) is 0 Å². The number of benzene rings is 1. The van der Waals surface area contributed by atoms with Crippen molar-refractivity contribution in [3.63, 3.8) is 0 Å². The van der Waals surface area contributed by atoms with Gasteiger partial charge in [-0.25, -0.2) is 0 Å². The molecule has 0 amide bonds. The number of hydrogen-bond donors (Lipinski definition) is 2. The number of aromatic amines is 1. The van der Waals surface area contributed by atoms with E-state index in [-0.39, 0.29) is 5.56 Å².